The smallest absolute Gasteiger partial charge is 0.223 e. The van der Waals surface area contributed by atoms with Crippen molar-refractivity contribution in [2.75, 3.05) is 32.7 Å². The zero-order valence-corrected chi connectivity index (χ0v) is 17.6. The molecule has 1 aliphatic heterocycles. The summed E-state index contributed by atoms with van der Waals surface area (Å²) in [6.07, 6.45) is 3.67. The second-order valence-electron chi connectivity index (χ2n) is 8.12. The molecular formula is C25H31N3O. The van der Waals surface area contributed by atoms with Gasteiger partial charge in [0.15, 0.2) is 0 Å². The van der Waals surface area contributed by atoms with E-state index in [-0.39, 0.29) is 11.8 Å². The Balaban J connectivity index is 1.59. The topological polar surface area (TPSA) is 28.5 Å². The Kier molecular flexibility index (Phi) is 6.00. The van der Waals surface area contributed by atoms with Crippen molar-refractivity contribution < 1.29 is 4.79 Å². The van der Waals surface area contributed by atoms with Gasteiger partial charge in [0.25, 0.3) is 0 Å². The molecule has 1 amide bonds. The Bertz CT molecular complexity index is 955. The summed E-state index contributed by atoms with van der Waals surface area (Å²) >= 11 is 0. The normalized spacial score (nSPS) is 16.3. The fraction of sp³-hybridized carbons (Fsp3) is 0.400. The van der Waals surface area contributed by atoms with Crippen molar-refractivity contribution in [1.29, 1.82) is 0 Å². The first-order valence-electron chi connectivity index (χ1n) is 10.7. The van der Waals surface area contributed by atoms with Gasteiger partial charge >= 0.3 is 0 Å². The molecule has 29 heavy (non-hydrogen) atoms. The summed E-state index contributed by atoms with van der Waals surface area (Å²) in [5, 5.41) is 1.26. The average molecular weight is 390 g/mol. The quantitative estimate of drug-likeness (QED) is 0.636. The number of aromatic nitrogens is 1. The molecule has 0 bridgehead atoms. The molecule has 1 unspecified atom stereocenters. The number of fused-ring (bicyclic) bond motifs is 1. The molecule has 3 aromatic rings. The van der Waals surface area contributed by atoms with Crippen LogP contribution in [0.3, 0.4) is 0 Å². The molecule has 1 aliphatic rings. The minimum absolute atomic E-state index is 0.181. The third-order valence-corrected chi connectivity index (χ3v) is 6.29. The standard InChI is InChI=1S/C25H31N3O/c1-3-27-13-15-28(16-14-27)25(29)18-21(17-20-9-5-4-6-10-20)23-19-26(2)24-12-8-7-11-22(23)24/h4-12,19,21H,3,13-18H2,1-2H3. The summed E-state index contributed by atoms with van der Waals surface area (Å²) in [5.41, 5.74) is 3.80. The van der Waals surface area contributed by atoms with Crippen LogP contribution in [0.1, 0.15) is 30.4 Å². The van der Waals surface area contributed by atoms with Crippen LogP contribution in [0.2, 0.25) is 0 Å². The van der Waals surface area contributed by atoms with Gasteiger partial charge in [-0.1, -0.05) is 55.5 Å². The van der Waals surface area contributed by atoms with Crippen molar-refractivity contribution in [3.8, 4) is 0 Å². The average Bonchev–Trinajstić information content (AvgIpc) is 3.11. The Morgan fingerprint density at radius 3 is 2.38 bits per heavy atom. The second kappa shape index (κ2) is 8.83. The first kappa shape index (κ1) is 19.7. The third kappa shape index (κ3) is 4.38. The molecule has 4 heteroatoms. The maximum Gasteiger partial charge on any atom is 0.223 e. The number of rotatable bonds is 6. The molecule has 0 radical (unpaired) electrons. The van der Waals surface area contributed by atoms with Crippen LogP contribution in [0.15, 0.2) is 60.8 Å². The molecule has 152 valence electrons. The number of nitrogens with zero attached hydrogens (tertiary/aromatic N) is 3. The highest BCUT2D eigenvalue weighted by Gasteiger charge is 2.26. The summed E-state index contributed by atoms with van der Waals surface area (Å²) in [6, 6.07) is 19.1. The minimum Gasteiger partial charge on any atom is -0.350 e. The van der Waals surface area contributed by atoms with E-state index in [1.807, 2.05) is 0 Å². The van der Waals surface area contributed by atoms with E-state index in [1.165, 1.54) is 22.0 Å². The lowest BCUT2D eigenvalue weighted by Gasteiger charge is -2.34. The van der Waals surface area contributed by atoms with E-state index >= 15 is 0 Å². The van der Waals surface area contributed by atoms with Gasteiger partial charge in [0.05, 0.1) is 0 Å². The van der Waals surface area contributed by atoms with E-state index in [9.17, 15) is 4.79 Å². The van der Waals surface area contributed by atoms with Crippen LogP contribution in [0, 0.1) is 0 Å². The molecule has 4 nitrogen and oxygen atoms in total. The van der Waals surface area contributed by atoms with Gasteiger partial charge in [-0.15, -0.1) is 0 Å². The van der Waals surface area contributed by atoms with Gasteiger partial charge in [0.2, 0.25) is 5.91 Å². The third-order valence-electron chi connectivity index (χ3n) is 6.29. The first-order valence-corrected chi connectivity index (χ1v) is 10.7. The monoisotopic (exact) mass is 389 g/mol. The van der Waals surface area contributed by atoms with Crippen molar-refractivity contribution in [2.45, 2.75) is 25.7 Å². The van der Waals surface area contributed by atoms with E-state index in [0.29, 0.717) is 6.42 Å². The summed E-state index contributed by atoms with van der Waals surface area (Å²) in [6.45, 7) is 6.92. The second-order valence-corrected chi connectivity index (χ2v) is 8.12. The SMILES string of the molecule is CCN1CCN(C(=O)CC(Cc2ccccc2)c2cn(C)c3ccccc23)CC1. The maximum atomic E-state index is 13.2. The van der Waals surface area contributed by atoms with Gasteiger partial charge < -0.3 is 14.4 Å². The lowest BCUT2D eigenvalue weighted by atomic mass is 9.88. The molecule has 4 rings (SSSR count). The van der Waals surface area contributed by atoms with Gasteiger partial charge in [-0.2, -0.15) is 0 Å². The highest BCUT2D eigenvalue weighted by molar-refractivity contribution is 5.86. The number of carbonyl (C=O) groups is 1. The fourth-order valence-electron chi connectivity index (χ4n) is 4.54. The van der Waals surface area contributed by atoms with Crippen LogP contribution in [-0.4, -0.2) is 53.0 Å². The zero-order valence-electron chi connectivity index (χ0n) is 17.6. The molecule has 1 aromatic heterocycles. The van der Waals surface area contributed by atoms with Gasteiger partial charge in [-0.05, 0) is 36.1 Å². The molecule has 2 aromatic carbocycles. The molecule has 1 fully saturated rings. The lowest BCUT2D eigenvalue weighted by Crippen LogP contribution is -2.48. The number of amides is 1. The van der Waals surface area contributed by atoms with Crippen LogP contribution in [-0.2, 0) is 18.3 Å². The molecule has 0 spiro atoms. The highest BCUT2D eigenvalue weighted by Crippen LogP contribution is 2.32. The summed E-state index contributed by atoms with van der Waals surface area (Å²) in [4.78, 5) is 17.7. The number of hydrogen-bond acceptors (Lipinski definition) is 2. The van der Waals surface area contributed by atoms with E-state index in [2.05, 4.69) is 89.1 Å². The predicted molar refractivity (Wildman–Crippen MR) is 119 cm³/mol. The number of aryl methyl sites for hydroxylation is 1. The van der Waals surface area contributed by atoms with Crippen molar-refractivity contribution in [2.24, 2.45) is 7.05 Å². The number of carbonyl (C=O) groups excluding carboxylic acids is 1. The number of piperazine rings is 1. The molecule has 2 heterocycles. The van der Waals surface area contributed by atoms with E-state index in [1.54, 1.807) is 0 Å². The van der Waals surface area contributed by atoms with Gasteiger partial charge in [0, 0.05) is 56.7 Å². The minimum atomic E-state index is 0.181. The fourth-order valence-corrected chi connectivity index (χ4v) is 4.54. The van der Waals surface area contributed by atoms with Crippen LogP contribution < -0.4 is 0 Å². The zero-order chi connectivity index (χ0) is 20.2. The van der Waals surface area contributed by atoms with Gasteiger partial charge in [-0.25, -0.2) is 0 Å². The van der Waals surface area contributed by atoms with Crippen molar-refractivity contribution in [3.63, 3.8) is 0 Å². The van der Waals surface area contributed by atoms with Crippen LogP contribution in [0.5, 0.6) is 0 Å². The van der Waals surface area contributed by atoms with E-state index in [4.69, 9.17) is 0 Å². The van der Waals surface area contributed by atoms with Crippen LogP contribution >= 0.6 is 0 Å². The number of benzene rings is 2. The van der Waals surface area contributed by atoms with E-state index < -0.39 is 0 Å². The van der Waals surface area contributed by atoms with Crippen LogP contribution in [0.4, 0.5) is 0 Å². The first-order chi connectivity index (χ1) is 14.2. The number of hydrogen-bond donors (Lipinski definition) is 0. The lowest BCUT2D eigenvalue weighted by molar-refractivity contribution is -0.133. The summed E-state index contributed by atoms with van der Waals surface area (Å²) in [5.74, 6) is 0.467. The summed E-state index contributed by atoms with van der Waals surface area (Å²) < 4.78 is 2.19. The number of para-hydroxylation sites is 1. The molecule has 1 atom stereocenters. The maximum absolute atomic E-state index is 13.2. The van der Waals surface area contributed by atoms with Gasteiger partial charge in [0.1, 0.15) is 0 Å². The number of likely N-dealkylation sites (N-methyl/N-ethyl adjacent to an activating group) is 1. The Morgan fingerprint density at radius 2 is 1.66 bits per heavy atom. The van der Waals surface area contributed by atoms with Crippen molar-refractivity contribution in [1.82, 2.24) is 14.4 Å². The van der Waals surface area contributed by atoms with Crippen molar-refractivity contribution >= 4 is 16.8 Å². The molecule has 0 saturated carbocycles. The predicted octanol–water partition coefficient (Wildman–Crippen LogP) is 4.06. The van der Waals surface area contributed by atoms with Crippen molar-refractivity contribution in [3.05, 3.63) is 71.9 Å². The largest absolute Gasteiger partial charge is 0.350 e. The molecular weight excluding hydrogens is 358 g/mol. The highest BCUT2D eigenvalue weighted by atomic mass is 16.2. The molecule has 0 N–H and O–H groups in total. The van der Waals surface area contributed by atoms with Gasteiger partial charge in [-0.3, -0.25) is 4.79 Å². The Hall–Kier alpha value is -2.59. The molecule has 0 aliphatic carbocycles. The molecule has 1 saturated heterocycles. The Morgan fingerprint density at radius 1 is 0.966 bits per heavy atom. The Labute approximate surface area is 173 Å². The van der Waals surface area contributed by atoms with Crippen LogP contribution in [0.25, 0.3) is 10.9 Å². The summed E-state index contributed by atoms with van der Waals surface area (Å²) in [7, 11) is 2.09. The van der Waals surface area contributed by atoms with E-state index in [0.717, 1.165) is 39.1 Å².